The van der Waals surface area contributed by atoms with E-state index in [4.69, 9.17) is 22.1 Å². The first-order valence-electron chi connectivity index (χ1n) is 6.36. The van der Waals surface area contributed by atoms with Gasteiger partial charge in [0.25, 0.3) is 0 Å². The summed E-state index contributed by atoms with van der Waals surface area (Å²) < 4.78 is 32.5. The zero-order valence-electron chi connectivity index (χ0n) is 11.9. The molecule has 1 aromatic carbocycles. The molecule has 114 valence electrons. The zero-order chi connectivity index (χ0) is 15.3. The standard InChI is InChI=1S/C13H21ClN2O3S/c1-9(2)6-11(8-15)16-20(17,18)13-7-10(14)4-5-12(13)19-3/h4-5,7,9,11,16H,6,8,15H2,1-3H3. The summed E-state index contributed by atoms with van der Waals surface area (Å²) in [5.74, 6) is 0.592. The molecule has 5 nitrogen and oxygen atoms in total. The molecule has 0 spiro atoms. The number of hydrogen-bond donors (Lipinski definition) is 2. The van der Waals surface area contributed by atoms with Gasteiger partial charge in [0.1, 0.15) is 10.6 Å². The number of sulfonamides is 1. The molecule has 1 rings (SSSR count). The molecule has 0 fully saturated rings. The fourth-order valence-corrected chi connectivity index (χ4v) is 3.60. The number of nitrogens with one attached hydrogen (secondary N) is 1. The molecule has 1 unspecified atom stereocenters. The van der Waals surface area contributed by atoms with Crippen molar-refractivity contribution in [1.82, 2.24) is 4.72 Å². The van der Waals surface area contributed by atoms with Gasteiger partial charge in [-0.3, -0.25) is 0 Å². The van der Waals surface area contributed by atoms with E-state index in [1.165, 1.54) is 19.2 Å². The minimum Gasteiger partial charge on any atom is -0.495 e. The zero-order valence-corrected chi connectivity index (χ0v) is 13.5. The molecule has 0 radical (unpaired) electrons. The van der Waals surface area contributed by atoms with Crippen molar-refractivity contribution >= 4 is 21.6 Å². The van der Waals surface area contributed by atoms with Gasteiger partial charge in [-0.1, -0.05) is 25.4 Å². The molecule has 0 aliphatic carbocycles. The Kier molecular flexibility index (Phi) is 6.26. The van der Waals surface area contributed by atoms with Crippen LogP contribution in [0.5, 0.6) is 5.75 Å². The van der Waals surface area contributed by atoms with Gasteiger partial charge in [0.2, 0.25) is 10.0 Å². The largest absolute Gasteiger partial charge is 0.495 e. The number of rotatable bonds is 7. The Morgan fingerprint density at radius 2 is 2.05 bits per heavy atom. The van der Waals surface area contributed by atoms with Crippen LogP contribution < -0.4 is 15.2 Å². The molecule has 1 atom stereocenters. The molecule has 0 aliphatic heterocycles. The Morgan fingerprint density at radius 3 is 2.55 bits per heavy atom. The van der Waals surface area contributed by atoms with E-state index in [1.807, 2.05) is 13.8 Å². The average Bonchev–Trinajstić information content (AvgIpc) is 2.37. The molecule has 0 aromatic heterocycles. The lowest BCUT2D eigenvalue weighted by molar-refractivity contribution is 0.401. The molecule has 0 saturated heterocycles. The molecule has 0 heterocycles. The van der Waals surface area contributed by atoms with Crippen LogP contribution in [0.1, 0.15) is 20.3 Å². The van der Waals surface area contributed by atoms with Gasteiger partial charge in [-0.15, -0.1) is 0 Å². The lowest BCUT2D eigenvalue weighted by Crippen LogP contribution is -2.41. The highest BCUT2D eigenvalue weighted by Crippen LogP contribution is 2.27. The van der Waals surface area contributed by atoms with Crippen LogP contribution in [-0.2, 0) is 10.0 Å². The lowest BCUT2D eigenvalue weighted by Gasteiger charge is -2.19. The number of methoxy groups -OCH3 is 1. The summed E-state index contributed by atoms with van der Waals surface area (Å²) in [6.45, 7) is 4.26. The van der Waals surface area contributed by atoms with Crippen molar-refractivity contribution in [2.75, 3.05) is 13.7 Å². The molecule has 20 heavy (non-hydrogen) atoms. The number of ether oxygens (including phenoxy) is 1. The van der Waals surface area contributed by atoms with E-state index in [0.29, 0.717) is 17.4 Å². The van der Waals surface area contributed by atoms with Gasteiger partial charge in [-0.05, 0) is 30.5 Å². The van der Waals surface area contributed by atoms with Crippen LogP contribution >= 0.6 is 11.6 Å². The maximum atomic E-state index is 12.4. The highest BCUT2D eigenvalue weighted by atomic mass is 35.5. The highest BCUT2D eigenvalue weighted by molar-refractivity contribution is 7.89. The summed E-state index contributed by atoms with van der Waals surface area (Å²) in [4.78, 5) is 0.0229. The van der Waals surface area contributed by atoms with Gasteiger partial charge in [0.05, 0.1) is 7.11 Å². The van der Waals surface area contributed by atoms with Gasteiger partial charge in [-0.25, -0.2) is 13.1 Å². The van der Waals surface area contributed by atoms with E-state index in [0.717, 1.165) is 0 Å². The van der Waals surface area contributed by atoms with Crippen LogP contribution in [0.15, 0.2) is 23.1 Å². The minimum atomic E-state index is -3.72. The van der Waals surface area contributed by atoms with E-state index < -0.39 is 10.0 Å². The summed E-state index contributed by atoms with van der Waals surface area (Å²) in [6, 6.07) is 4.15. The summed E-state index contributed by atoms with van der Waals surface area (Å²) in [5, 5.41) is 0.333. The summed E-state index contributed by atoms with van der Waals surface area (Å²) in [5.41, 5.74) is 5.62. The SMILES string of the molecule is COc1ccc(Cl)cc1S(=O)(=O)NC(CN)CC(C)C. The number of benzene rings is 1. The normalized spacial score (nSPS) is 13.5. The lowest BCUT2D eigenvalue weighted by atomic mass is 10.1. The first kappa shape index (κ1) is 17.2. The van der Waals surface area contributed by atoms with Crippen LogP contribution in [0.2, 0.25) is 5.02 Å². The molecular weight excluding hydrogens is 300 g/mol. The number of hydrogen-bond acceptors (Lipinski definition) is 4. The molecule has 0 aliphatic rings. The van der Waals surface area contributed by atoms with E-state index in [2.05, 4.69) is 4.72 Å². The van der Waals surface area contributed by atoms with Gasteiger partial charge in [0.15, 0.2) is 0 Å². The third-order valence-corrected chi connectivity index (χ3v) is 4.55. The summed E-state index contributed by atoms with van der Waals surface area (Å²) in [7, 11) is -2.31. The third kappa shape index (κ3) is 4.63. The van der Waals surface area contributed by atoms with Crippen LogP contribution in [0.25, 0.3) is 0 Å². The van der Waals surface area contributed by atoms with Gasteiger partial charge >= 0.3 is 0 Å². The predicted molar refractivity (Wildman–Crippen MR) is 80.6 cm³/mol. The van der Waals surface area contributed by atoms with E-state index in [-0.39, 0.29) is 23.2 Å². The summed E-state index contributed by atoms with van der Waals surface area (Å²) >= 11 is 5.86. The second-order valence-electron chi connectivity index (χ2n) is 4.98. The topological polar surface area (TPSA) is 81.4 Å². The maximum absolute atomic E-state index is 12.4. The molecule has 0 amide bonds. The smallest absolute Gasteiger partial charge is 0.244 e. The van der Waals surface area contributed by atoms with E-state index >= 15 is 0 Å². The van der Waals surface area contributed by atoms with Crippen molar-refractivity contribution in [1.29, 1.82) is 0 Å². The van der Waals surface area contributed by atoms with Crippen molar-refractivity contribution < 1.29 is 13.2 Å². The van der Waals surface area contributed by atoms with Crippen molar-refractivity contribution in [2.24, 2.45) is 11.7 Å². The molecular formula is C13H21ClN2O3S. The Balaban J connectivity index is 3.07. The van der Waals surface area contributed by atoms with Gasteiger partial charge < -0.3 is 10.5 Å². The maximum Gasteiger partial charge on any atom is 0.244 e. The Hall–Kier alpha value is -0.820. The second kappa shape index (κ2) is 7.26. The van der Waals surface area contributed by atoms with Crippen LogP contribution in [0, 0.1) is 5.92 Å². The van der Waals surface area contributed by atoms with Gasteiger partial charge in [0, 0.05) is 17.6 Å². The number of nitrogens with two attached hydrogens (primary N) is 1. The van der Waals surface area contributed by atoms with Crippen molar-refractivity contribution in [3.8, 4) is 5.75 Å². The molecule has 3 N–H and O–H groups in total. The molecule has 0 bridgehead atoms. The van der Waals surface area contributed by atoms with Crippen LogP contribution in [0.4, 0.5) is 0 Å². The minimum absolute atomic E-state index is 0.0229. The van der Waals surface area contributed by atoms with Gasteiger partial charge in [-0.2, -0.15) is 0 Å². The highest BCUT2D eigenvalue weighted by Gasteiger charge is 2.23. The average molecular weight is 321 g/mol. The second-order valence-corrected chi connectivity index (χ2v) is 7.10. The predicted octanol–water partition coefficient (Wildman–Crippen LogP) is 2.00. The first-order chi connectivity index (χ1) is 9.30. The van der Waals surface area contributed by atoms with Crippen molar-refractivity contribution in [2.45, 2.75) is 31.2 Å². The Bertz CT molecular complexity index is 547. The Labute approximate surface area is 125 Å². The monoisotopic (exact) mass is 320 g/mol. The van der Waals surface area contributed by atoms with E-state index in [1.54, 1.807) is 6.07 Å². The quantitative estimate of drug-likeness (QED) is 0.805. The number of halogens is 1. The molecule has 0 saturated carbocycles. The third-order valence-electron chi connectivity index (χ3n) is 2.78. The van der Waals surface area contributed by atoms with Crippen LogP contribution in [0.3, 0.4) is 0 Å². The molecule has 1 aromatic rings. The Morgan fingerprint density at radius 1 is 1.40 bits per heavy atom. The molecule has 7 heteroatoms. The fourth-order valence-electron chi connectivity index (χ4n) is 1.90. The van der Waals surface area contributed by atoms with E-state index in [9.17, 15) is 8.42 Å². The van der Waals surface area contributed by atoms with Crippen molar-refractivity contribution in [3.05, 3.63) is 23.2 Å². The van der Waals surface area contributed by atoms with Crippen molar-refractivity contribution in [3.63, 3.8) is 0 Å². The van der Waals surface area contributed by atoms with Crippen LogP contribution in [-0.4, -0.2) is 28.1 Å². The first-order valence-corrected chi connectivity index (χ1v) is 8.22. The fraction of sp³-hybridized carbons (Fsp3) is 0.538. The summed E-state index contributed by atoms with van der Waals surface area (Å²) in [6.07, 6.45) is 0.665.